The summed E-state index contributed by atoms with van der Waals surface area (Å²) in [7, 11) is 2.01. The number of nitrogens with one attached hydrogen (secondary N) is 1. The van der Waals surface area contributed by atoms with E-state index in [1.54, 1.807) is 0 Å². The molecule has 1 saturated carbocycles. The van der Waals surface area contributed by atoms with Crippen LogP contribution in [0.1, 0.15) is 33.1 Å². The van der Waals surface area contributed by atoms with E-state index in [4.69, 9.17) is 5.84 Å². The van der Waals surface area contributed by atoms with E-state index in [2.05, 4.69) is 17.2 Å². The summed E-state index contributed by atoms with van der Waals surface area (Å²) in [6, 6.07) is 0.396. The van der Waals surface area contributed by atoms with Gasteiger partial charge < -0.3 is 0 Å². The number of carbonyl (C=O) groups is 1. The maximum absolute atomic E-state index is 11.5. The lowest BCUT2D eigenvalue weighted by atomic mass is 10.1. The van der Waals surface area contributed by atoms with Crippen molar-refractivity contribution in [1.29, 1.82) is 0 Å². The van der Waals surface area contributed by atoms with Gasteiger partial charge in [-0.15, -0.1) is 0 Å². The zero-order chi connectivity index (χ0) is 10.7. The second kappa shape index (κ2) is 4.75. The summed E-state index contributed by atoms with van der Waals surface area (Å²) in [5, 5.41) is 0. The van der Waals surface area contributed by atoms with Crippen molar-refractivity contribution in [3.63, 3.8) is 0 Å². The van der Waals surface area contributed by atoms with Crippen molar-refractivity contribution in [1.82, 2.24) is 10.3 Å². The fourth-order valence-corrected chi connectivity index (χ4v) is 1.95. The Morgan fingerprint density at radius 1 is 1.64 bits per heavy atom. The van der Waals surface area contributed by atoms with Crippen LogP contribution in [0, 0.1) is 5.92 Å². The first-order valence-corrected chi connectivity index (χ1v) is 5.34. The number of hydrogen-bond donors (Lipinski definition) is 2. The molecule has 0 heterocycles. The average molecular weight is 199 g/mol. The predicted molar refractivity (Wildman–Crippen MR) is 56.4 cm³/mol. The van der Waals surface area contributed by atoms with E-state index in [0.717, 1.165) is 12.3 Å². The van der Waals surface area contributed by atoms with Gasteiger partial charge in [0.1, 0.15) is 0 Å². The summed E-state index contributed by atoms with van der Waals surface area (Å²) in [5.74, 6) is 5.85. The lowest BCUT2D eigenvalue weighted by molar-refractivity contribution is -0.127. The highest BCUT2D eigenvalue weighted by atomic mass is 16.2. The zero-order valence-corrected chi connectivity index (χ0v) is 9.29. The van der Waals surface area contributed by atoms with Gasteiger partial charge in [0, 0.05) is 6.04 Å². The van der Waals surface area contributed by atoms with Crippen LogP contribution in [0.2, 0.25) is 0 Å². The molecule has 4 nitrogen and oxygen atoms in total. The van der Waals surface area contributed by atoms with Crippen molar-refractivity contribution < 1.29 is 4.79 Å². The second-order valence-corrected chi connectivity index (χ2v) is 4.18. The highest BCUT2D eigenvalue weighted by molar-refractivity contribution is 5.81. The maximum Gasteiger partial charge on any atom is 0.251 e. The van der Waals surface area contributed by atoms with Crippen molar-refractivity contribution in [2.45, 2.75) is 45.2 Å². The lowest BCUT2D eigenvalue weighted by Crippen LogP contribution is -2.50. The van der Waals surface area contributed by atoms with Crippen LogP contribution in [0.4, 0.5) is 0 Å². The van der Waals surface area contributed by atoms with Crippen LogP contribution in [0.15, 0.2) is 0 Å². The smallest absolute Gasteiger partial charge is 0.251 e. The molecule has 0 aliphatic heterocycles. The van der Waals surface area contributed by atoms with Gasteiger partial charge >= 0.3 is 0 Å². The average Bonchev–Trinajstić information content (AvgIpc) is 3.00. The van der Waals surface area contributed by atoms with Crippen LogP contribution in [-0.2, 0) is 4.79 Å². The van der Waals surface area contributed by atoms with E-state index in [0.29, 0.717) is 6.04 Å². The molecule has 82 valence electrons. The molecule has 14 heavy (non-hydrogen) atoms. The molecule has 0 aromatic heterocycles. The van der Waals surface area contributed by atoms with Gasteiger partial charge in [0.15, 0.2) is 0 Å². The first kappa shape index (κ1) is 11.5. The first-order valence-electron chi connectivity index (χ1n) is 5.34. The molecule has 1 rings (SSSR count). The number of rotatable bonds is 5. The van der Waals surface area contributed by atoms with Gasteiger partial charge in [-0.25, -0.2) is 5.84 Å². The summed E-state index contributed by atoms with van der Waals surface area (Å²) in [6.45, 7) is 4.19. The third-order valence-electron chi connectivity index (χ3n) is 3.27. The fourth-order valence-electron chi connectivity index (χ4n) is 1.95. The molecule has 0 radical (unpaired) electrons. The minimum absolute atomic E-state index is 0.0810. The SMILES string of the molecule is CCC(C(=O)NN)N(C)C(C)C1CC1. The Labute approximate surface area is 85.8 Å². The van der Waals surface area contributed by atoms with Gasteiger partial charge in [0.25, 0.3) is 5.91 Å². The Hall–Kier alpha value is -0.610. The Balaban J connectivity index is 2.53. The van der Waals surface area contributed by atoms with Crippen LogP contribution < -0.4 is 11.3 Å². The molecule has 4 heteroatoms. The van der Waals surface area contributed by atoms with E-state index in [9.17, 15) is 4.79 Å². The van der Waals surface area contributed by atoms with Crippen LogP contribution in [0.3, 0.4) is 0 Å². The fraction of sp³-hybridized carbons (Fsp3) is 0.900. The number of carbonyl (C=O) groups excluding carboxylic acids is 1. The van der Waals surface area contributed by atoms with Gasteiger partial charge in [0.2, 0.25) is 0 Å². The largest absolute Gasteiger partial charge is 0.293 e. The number of hydrogen-bond acceptors (Lipinski definition) is 3. The van der Waals surface area contributed by atoms with Crippen molar-refractivity contribution in [3.8, 4) is 0 Å². The van der Waals surface area contributed by atoms with Crippen molar-refractivity contribution in [2.75, 3.05) is 7.05 Å². The quantitative estimate of drug-likeness (QED) is 0.385. The highest BCUT2D eigenvalue weighted by Gasteiger charge is 2.34. The molecule has 3 N–H and O–H groups in total. The zero-order valence-electron chi connectivity index (χ0n) is 9.29. The Morgan fingerprint density at radius 3 is 2.57 bits per heavy atom. The molecule has 1 fully saturated rings. The van der Waals surface area contributed by atoms with Crippen molar-refractivity contribution in [2.24, 2.45) is 11.8 Å². The first-order chi connectivity index (χ1) is 6.61. The molecule has 2 atom stereocenters. The molecule has 2 unspecified atom stereocenters. The number of amides is 1. The molecule has 0 aromatic carbocycles. The Bertz CT molecular complexity index is 204. The highest BCUT2D eigenvalue weighted by Crippen LogP contribution is 2.35. The van der Waals surface area contributed by atoms with Crippen molar-refractivity contribution in [3.05, 3.63) is 0 Å². The topological polar surface area (TPSA) is 58.4 Å². The van der Waals surface area contributed by atoms with Gasteiger partial charge in [-0.1, -0.05) is 6.92 Å². The van der Waals surface area contributed by atoms with E-state index < -0.39 is 0 Å². The minimum atomic E-state index is -0.0874. The van der Waals surface area contributed by atoms with Crippen molar-refractivity contribution >= 4 is 5.91 Å². The maximum atomic E-state index is 11.5. The summed E-state index contributed by atoms with van der Waals surface area (Å²) >= 11 is 0. The van der Waals surface area contributed by atoms with Gasteiger partial charge in [0.05, 0.1) is 6.04 Å². The molecule has 0 saturated heterocycles. The number of nitrogens with zero attached hydrogens (tertiary/aromatic N) is 1. The molecule has 1 amide bonds. The Kier molecular flexibility index (Phi) is 3.89. The molecule has 0 spiro atoms. The van der Waals surface area contributed by atoms with Gasteiger partial charge in [-0.05, 0) is 39.2 Å². The summed E-state index contributed by atoms with van der Waals surface area (Å²) in [5.41, 5.74) is 2.23. The number of nitrogens with two attached hydrogens (primary N) is 1. The monoisotopic (exact) mass is 199 g/mol. The number of likely N-dealkylation sites (N-methyl/N-ethyl adjacent to an activating group) is 1. The molecular formula is C10H21N3O. The van der Waals surface area contributed by atoms with E-state index in [1.165, 1.54) is 12.8 Å². The molecule has 0 bridgehead atoms. The van der Waals surface area contributed by atoms with E-state index in [1.807, 2.05) is 14.0 Å². The summed E-state index contributed by atoms with van der Waals surface area (Å²) in [4.78, 5) is 13.6. The molecule has 0 aromatic rings. The van der Waals surface area contributed by atoms with E-state index in [-0.39, 0.29) is 11.9 Å². The standard InChI is InChI=1S/C10H21N3O/c1-4-9(10(14)12-11)13(3)7(2)8-5-6-8/h7-9H,4-6,11H2,1-3H3,(H,12,14). The Morgan fingerprint density at radius 2 is 2.21 bits per heavy atom. The molecule has 1 aliphatic rings. The number of hydrazine groups is 1. The minimum Gasteiger partial charge on any atom is -0.293 e. The normalized spacial score (nSPS) is 20.6. The lowest BCUT2D eigenvalue weighted by Gasteiger charge is -2.31. The summed E-state index contributed by atoms with van der Waals surface area (Å²) < 4.78 is 0. The predicted octanol–water partition coefficient (Wildman–Crippen LogP) is 0.485. The van der Waals surface area contributed by atoms with Gasteiger partial charge in [-0.3, -0.25) is 15.1 Å². The second-order valence-electron chi connectivity index (χ2n) is 4.18. The van der Waals surface area contributed by atoms with E-state index >= 15 is 0 Å². The van der Waals surface area contributed by atoms with Crippen LogP contribution in [-0.4, -0.2) is 29.9 Å². The van der Waals surface area contributed by atoms with Crippen LogP contribution >= 0.6 is 0 Å². The third-order valence-corrected chi connectivity index (χ3v) is 3.27. The van der Waals surface area contributed by atoms with Crippen LogP contribution in [0.25, 0.3) is 0 Å². The molecular weight excluding hydrogens is 178 g/mol. The molecule has 1 aliphatic carbocycles. The van der Waals surface area contributed by atoms with Gasteiger partial charge in [-0.2, -0.15) is 0 Å². The summed E-state index contributed by atoms with van der Waals surface area (Å²) in [6.07, 6.45) is 3.40. The third kappa shape index (κ3) is 2.45. The van der Waals surface area contributed by atoms with Crippen LogP contribution in [0.5, 0.6) is 0 Å².